The van der Waals surface area contributed by atoms with Crippen molar-refractivity contribution in [1.82, 2.24) is 0 Å². The Morgan fingerprint density at radius 2 is 2.45 bits per heavy atom. The zero-order chi connectivity index (χ0) is 8.53. The monoisotopic (exact) mass is 153 g/mol. The van der Waals surface area contributed by atoms with Crippen LogP contribution in [-0.4, -0.2) is 19.1 Å². The van der Waals surface area contributed by atoms with Gasteiger partial charge in [0.25, 0.3) is 0 Å². The van der Waals surface area contributed by atoms with E-state index in [0.717, 1.165) is 0 Å². The third-order valence-electron chi connectivity index (χ3n) is 0.686. The van der Waals surface area contributed by atoms with Crippen LogP contribution in [-0.2, 0) is 9.53 Å². The van der Waals surface area contributed by atoms with Crippen molar-refractivity contribution in [2.45, 2.75) is 6.92 Å². The summed E-state index contributed by atoms with van der Waals surface area (Å²) in [5.41, 5.74) is 7.82. The number of azide groups is 1. The number of nitrogens with zero attached hydrogens (tertiary/aromatic N) is 3. The Morgan fingerprint density at radius 3 is 3.00 bits per heavy atom. The van der Waals surface area contributed by atoms with Gasteiger partial charge in [-0.25, -0.2) is 0 Å². The predicted molar refractivity (Wildman–Crippen MR) is 38.4 cm³/mol. The first kappa shape index (κ1) is 9.34. The van der Waals surface area contributed by atoms with Gasteiger partial charge >= 0.3 is 5.97 Å². The first-order valence-corrected chi connectivity index (χ1v) is 2.87. The van der Waals surface area contributed by atoms with Gasteiger partial charge in [0.1, 0.15) is 0 Å². The lowest BCUT2D eigenvalue weighted by Gasteiger charge is -1.90. The summed E-state index contributed by atoms with van der Waals surface area (Å²) in [5, 5.41) is 3.15. The Labute approximate surface area is 64.0 Å². The van der Waals surface area contributed by atoms with Crippen molar-refractivity contribution in [1.29, 1.82) is 0 Å². The summed E-state index contributed by atoms with van der Waals surface area (Å²) in [4.78, 5) is 12.6. The fourth-order valence-electron chi connectivity index (χ4n) is 0.312. The van der Waals surface area contributed by atoms with Crippen LogP contribution >= 0.6 is 0 Å². The van der Waals surface area contributed by atoms with Crippen molar-refractivity contribution in [2.24, 2.45) is 5.11 Å². The standard InChI is InChI=1S/C6H7N3O2/c1-6(10)11-5-3-2-4-8-9-7/h4-5H2,1H3. The lowest BCUT2D eigenvalue weighted by molar-refractivity contribution is -0.139. The van der Waals surface area contributed by atoms with Gasteiger partial charge in [0.2, 0.25) is 0 Å². The van der Waals surface area contributed by atoms with E-state index < -0.39 is 0 Å². The number of carbonyl (C=O) groups is 1. The molecule has 0 rings (SSSR count). The highest BCUT2D eigenvalue weighted by atomic mass is 16.5. The van der Waals surface area contributed by atoms with Gasteiger partial charge in [0.05, 0.1) is 6.54 Å². The Morgan fingerprint density at radius 1 is 1.73 bits per heavy atom. The van der Waals surface area contributed by atoms with Crippen LogP contribution in [0.25, 0.3) is 10.4 Å². The van der Waals surface area contributed by atoms with E-state index in [0.29, 0.717) is 0 Å². The van der Waals surface area contributed by atoms with Gasteiger partial charge in [-0.05, 0) is 5.53 Å². The van der Waals surface area contributed by atoms with Crippen molar-refractivity contribution in [3.8, 4) is 11.8 Å². The fraction of sp³-hybridized carbons (Fsp3) is 0.500. The molecule has 0 aromatic carbocycles. The third kappa shape index (κ3) is 8.34. The van der Waals surface area contributed by atoms with Crippen LogP contribution in [0.3, 0.4) is 0 Å². The average molecular weight is 153 g/mol. The molecule has 11 heavy (non-hydrogen) atoms. The topological polar surface area (TPSA) is 75.1 Å². The van der Waals surface area contributed by atoms with Crippen molar-refractivity contribution >= 4 is 5.97 Å². The molecular weight excluding hydrogens is 146 g/mol. The SMILES string of the molecule is CC(=O)OCC#CCN=[N+]=[N-]. The molecule has 0 saturated heterocycles. The Hall–Kier alpha value is -1.66. The largest absolute Gasteiger partial charge is 0.453 e. The minimum Gasteiger partial charge on any atom is -0.453 e. The number of esters is 1. The normalized spacial score (nSPS) is 7.00. The number of carbonyl (C=O) groups excluding carboxylic acids is 1. The van der Waals surface area contributed by atoms with Gasteiger partial charge < -0.3 is 4.74 Å². The van der Waals surface area contributed by atoms with Gasteiger partial charge in [0, 0.05) is 11.8 Å². The Kier molecular flexibility index (Phi) is 5.49. The van der Waals surface area contributed by atoms with Crippen LogP contribution < -0.4 is 0 Å². The van der Waals surface area contributed by atoms with E-state index in [2.05, 4.69) is 26.6 Å². The van der Waals surface area contributed by atoms with E-state index in [9.17, 15) is 4.79 Å². The molecule has 0 spiro atoms. The Bertz CT molecular complexity index is 232. The molecule has 5 heteroatoms. The van der Waals surface area contributed by atoms with Crippen molar-refractivity contribution in [3.05, 3.63) is 10.4 Å². The van der Waals surface area contributed by atoms with E-state index in [1.807, 2.05) is 0 Å². The molecule has 0 N–H and O–H groups in total. The van der Waals surface area contributed by atoms with Crippen LogP contribution in [0.15, 0.2) is 5.11 Å². The molecule has 5 nitrogen and oxygen atoms in total. The smallest absolute Gasteiger partial charge is 0.303 e. The molecule has 0 atom stereocenters. The maximum atomic E-state index is 10.2. The van der Waals surface area contributed by atoms with E-state index >= 15 is 0 Å². The summed E-state index contributed by atoms with van der Waals surface area (Å²) in [6, 6.07) is 0. The number of rotatable bonds is 2. The van der Waals surface area contributed by atoms with E-state index in [-0.39, 0.29) is 19.1 Å². The molecule has 0 bridgehead atoms. The highest BCUT2D eigenvalue weighted by Crippen LogP contribution is 1.73. The van der Waals surface area contributed by atoms with Crippen LogP contribution in [0, 0.1) is 11.8 Å². The van der Waals surface area contributed by atoms with E-state index in [1.165, 1.54) is 6.92 Å². The summed E-state index contributed by atoms with van der Waals surface area (Å²) < 4.78 is 4.47. The zero-order valence-electron chi connectivity index (χ0n) is 6.07. The molecule has 0 heterocycles. The minimum atomic E-state index is -0.372. The third-order valence-corrected chi connectivity index (χ3v) is 0.686. The van der Waals surface area contributed by atoms with E-state index in [4.69, 9.17) is 5.53 Å². The van der Waals surface area contributed by atoms with E-state index in [1.54, 1.807) is 0 Å². The molecule has 0 aliphatic rings. The quantitative estimate of drug-likeness (QED) is 0.194. The first-order chi connectivity index (χ1) is 5.27. The van der Waals surface area contributed by atoms with Gasteiger partial charge in [-0.1, -0.05) is 17.0 Å². The van der Waals surface area contributed by atoms with Gasteiger partial charge in [0.15, 0.2) is 6.61 Å². The van der Waals surface area contributed by atoms with Crippen LogP contribution in [0.5, 0.6) is 0 Å². The van der Waals surface area contributed by atoms with Crippen molar-refractivity contribution in [2.75, 3.05) is 13.2 Å². The predicted octanol–water partition coefficient (Wildman–Crippen LogP) is 0.863. The number of hydrogen-bond donors (Lipinski definition) is 0. The summed E-state index contributed by atoms with van der Waals surface area (Å²) in [5.74, 6) is 4.62. The second kappa shape index (κ2) is 6.46. The molecular formula is C6H7N3O2. The highest BCUT2D eigenvalue weighted by Gasteiger charge is 1.84. The second-order valence-electron chi connectivity index (χ2n) is 1.52. The molecule has 0 aliphatic heterocycles. The molecule has 0 amide bonds. The molecule has 0 fully saturated rings. The van der Waals surface area contributed by atoms with Crippen LogP contribution in [0.2, 0.25) is 0 Å². The first-order valence-electron chi connectivity index (χ1n) is 2.87. The minimum absolute atomic E-state index is 0.0519. The fourth-order valence-corrected chi connectivity index (χ4v) is 0.312. The van der Waals surface area contributed by atoms with Crippen LogP contribution in [0.4, 0.5) is 0 Å². The summed E-state index contributed by atoms with van der Waals surface area (Å²) in [6.07, 6.45) is 0. The molecule has 0 aliphatic carbocycles. The zero-order valence-corrected chi connectivity index (χ0v) is 6.07. The van der Waals surface area contributed by atoms with Gasteiger partial charge in [-0.15, -0.1) is 0 Å². The number of ether oxygens (including phenoxy) is 1. The van der Waals surface area contributed by atoms with Crippen molar-refractivity contribution < 1.29 is 9.53 Å². The lowest BCUT2D eigenvalue weighted by Crippen LogP contribution is -1.97. The summed E-state index contributed by atoms with van der Waals surface area (Å²) in [7, 11) is 0. The molecule has 58 valence electrons. The van der Waals surface area contributed by atoms with Crippen molar-refractivity contribution in [3.63, 3.8) is 0 Å². The van der Waals surface area contributed by atoms with Gasteiger partial charge in [-0.2, -0.15) is 0 Å². The average Bonchev–Trinajstić information content (AvgIpc) is 1.96. The molecule has 0 aromatic rings. The molecule has 0 radical (unpaired) electrons. The molecule has 0 aromatic heterocycles. The highest BCUT2D eigenvalue weighted by molar-refractivity contribution is 5.66. The Balaban J connectivity index is 3.40. The second-order valence-corrected chi connectivity index (χ2v) is 1.52. The molecule has 0 saturated carbocycles. The molecule has 0 unspecified atom stereocenters. The maximum absolute atomic E-state index is 10.2. The summed E-state index contributed by atoms with van der Waals surface area (Å²) in [6.45, 7) is 1.46. The maximum Gasteiger partial charge on any atom is 0.303 e. The summed E-state index contributed by atoms with van der Waals surface area (Å²) >= 11 is 0. The number of hydrogen-bond acceptors (Lipinski definition) is 3. The van der Waals surface area contributed by atoms with Gasteiger partial charge in [-0.3, -0.25) is 4.79 Å². The lowest BCUT2D eigenvalue weighted by atomic mass is 10.6. The van der Waals surface area contributed by atoms with Crippen LogP contribution in [0.1, 0.15) is 6.92 Å².